The summed E-state index contributed by atoms with van der Waals surface area (Å²) in [5.74, 6) is 0.488. The SMILES string of the molecule is O=C([C@@H]1CCc2nn(Cc3ccc(C(F)(F)F)nc3)c(=O)n21)N1CCCC1. The van der Waals surface area contributed by atoms with Crippen LogP contribution in [-0.4, -0.2) is 43.2 Å². The van der Waals surface area contributed by atoms with Gasteiger partial charge in [0, 0.05) is 25.7 Å². The van der Waals surface area contributed by atoms with Crippen molar-refractivity contribution in [3.05, 3.63) is 45.9 Å². The van der Waals surface area contributed by atoms with Crippen LogP contribution in [0.5, 0.6) is 0 Å². The van der Waals surface area contributed by atoms with Gasteiger partial charge in [-0.15, -0.1) is 0 Å². The van der Waals surface area contributed by atoms with E-state index in [0.29, 0.717) is 37.3 Å². The molecule has 2 aromatic heterocycles. The van der Waals surface area contributed by atoms with Crippen molar-refractivity contribution in [2.45, 2.75) is 44.4 Å². The molecule has 0 aromatic carbocycles. The molecule has 4 rings (SSSR count). The molecule has 144 valence electrons. The average Bonchev–Trinajstić information content (AvgIpc) is 3.34. The van der Waals surface area contributed by atoms with Crippen LogP contribution < -0.4 is 5.69 Å². The van der Waals surface area contributed by atoms with Gasteiger partial charge in [0.2, 0.25) is 5.91 Å². The van der Waals surface area contributed by atoms with Gasteiger partial charge in [0.15, 0.2) is 0 Å². The van der Waals surface area contributed by atoms with E-state index >= 15 is 0 Å². The number of aromatic nitrogens is 4. The predicted molar refractivity (Wildman–Crippen MR) is 88.0 cm³/mol. The first-order chi connectivity index (χ1) is 12.8. The summed E-state index contributed by atoms with van der Waals surface area (Å²) in [6.45, 7) is 1.43. The minimum Gasteiger partial charge on any atom is -0.341 e. The van der Waals surface area contributed by atoms with Crippen LogP contribution in [0.25, 0.3) is 0 Å². The number of aryl methyl sites for hydroxylation is 1. The summed E-state index contributed by atoms with van der Waals surface area (Å²) >= 11 is 0. The fourth-order valence-electron chi connectivity index (χ4n) is 3.69. The average molecular weight is 381 g/mol. The highest BCUT2D eigenvalue weighted by atomic mass is 19.4. The first kappa shape index (κ1) is 17.7. The number of carbonyl (C=O) groups excluding carboxylic acids is 1. The van der Waals surface area contributed by atoms with E-state index in [1.165, 1.54) is 15.3 Å². The number of amides is 1. The molecular weight excluding hydrogens is 363 g/mol. The molecule has 2 aliphatic heterocycles. The van der Waals surface area contributed by atoms with Crippen molar-refractivity contribution in [1.82, 2.24) is 24.2 Å². The molecule has 0 unspecified atom stereocenters. The number of fused-ring (bicyclic) bond motifs is 1. The van der Waals surface area contributed by atoms with Gasteiger partial charge in [0.05, 0.1) is 6.54 Å². The number of rotatable bonds is 3. The van der Waals surface area contributed by atoms with E-state index < -0.39 is 23.6 Å². The molecule has 0 N–H and O–H groups in total. The number of nitrogens with zero attached hydrogens (tertiary/aromatic N) is 5. The normalized spacial score (nSPS) is 19.5. The molecule has 27 heavy (non-hydrogen) atoms. The Bertz CT molecular complexity index is 910. The lowest BCUT2D eigenvalue weighted by Gasteiger charge is -2.20. The minimum atomic E-state index is -4.51. The maximum atomic E-state index is 12.7. The van der Waals surface area contributed by atoms with Gasteiger partial charge in [-0.25, -0.2) is 9.48 Å². The Morgan fingerprint density at radius 1 is 1.22 bits per heavy atom. The standard InChI is InChI=1S/C17H18F3N5O2/c18-17(19,20)13-5-3-11(9-21-13)10-24-16(27)25-12(4-6-14(25)22-24)15(26)23-7-1-2-8-23/h3,5,9,12H,1-2,4,6-8,10H2/t12-/m0/s1. The zero-order chi connectivity index (χ0) is 19.2. The van der Waals surface area contributed by atoms with Gasteiger partial charge < -0.3 is 4.90 Å². The van der Waals surface area contributed by atoms with Crippen molar-refractivity contribution >= 4 is 5.91 Å². The molecule has 0 bridgehead atoms. The van der Waals surface area contributed by atoms with Gasteiger partial charge >= 0.3 is 11.9 Å². The quantitative estimate of drug-likeness (QED) is 0.810. The number of hydrogen-bond donors (Lipinski definition) is 0. The number of likely N-dealkylation sites (tertiary alicyclic amines) is 1. The third kappa shape index (κ3) is 3.24. The molecule has 2 aliphatic rings. The number of hydrogen-bond acceptors (Lipinski definition) is 4. The van der Waals surface area contributed by atoms with Gasteiger partial charge in [0.1, 0.15) is 17.6 Å². The summed E-state index contributed by atoms with van der Waals surface area (Å²) in [4.78, 5) is 30.6. The third-order valence-electron chi connectivity index (χ3n) is 5.04. The Morgan fingerprint density at radius 3 is 2.59 bits per heavy atom. The van der Waals surface area contributed by atoms with Crippen LogP contribution in [0.4, 0.5) is 13.2 Å². The Hall–Kier alpha value is -2.65. The van der Waals surface area contributed by atoms with Crippen molar-refractivity contribution in [3.63, 3.8) is 0 Å². The topological polar surface area (TPSA) is 73.0 Å². The predicted octanol–water partition coefficient (Wildman–Crippen LogP) is 1.62. The van der Waals surface area contributed by atoms with Crippen molar-refractivity contribution < 1.29 is 18.0 Å². The van der Waals surface area contributed by atoms with Crippen LogP contribution in [0.3, 0.4) is 0 Å². The second kappa shape index (κ2) is 6.50. The van der Waals surface area contributed by atoms with E-state index in [9.17, 15) is 22.8 Å². The second-order valence-electron chi connectivity index (χ2n) is 6.86. The zero-order valence-corrected chi connectivity index (χ0v) is 14.4. The van der Waals surface area contributed by atoms with Crippen LogP contribution in [0.15, 0.2) is 23.1 Å². The summed E-state index contributed by atoms with van der Waals surface area (Å²) in [7, 11) is 0. The van der Waals surface area contributed by atoms with E-state index in [0.717, 1.165) is 25.1 Å². The molecule has 7 nitrogen and oxygen atoms in total. The van der Waals surface area contributed by atoms with E-state index in [1.807, 2.05) is 0 Å². The molecule has 2 aromatic rings. The molecule has 0 radical (unpaired) electrons. The Balaban J connectivity index is 1.55. The number of pyridine rings is 1. The first-order valence-electron chi connectivity index (χ1n) is 8.84. The summed E-state index contributed by atoms with van der Waals surface area (Å²) in [6.07, 6.45) is -0.394. The molecule has 10 heteroatoms. The highest BCUT2D eigenvalue weighted by Gasteiger charge is 2.36. The Kier molecular flexibility index (Phi) is 4.27. The molecule has 1 amide bonds. The van der Waals surface area contributed by atoms with Crippen LogP contribution >= 0.6 is 0 Å². The fourth-order valence-corrected chi connectivity index (χ4v) is 3.69. The molecular formula is C17H18F3N5O2. The third-order valence-corrected chi connectivity index (χ3v) is 5.04. The maximum absolute atomic E-state index is 12.7. The lowest BCUT2D eigenvalue weighted by atomic mass is 10.2. The molecule has 0 saturated carbocycles. The summed E-state index contributed by atoms with van der Waals surface area (Å²) < 4.78 is 40.4. The smallest absolute Gasteiger partial charge is 0.341 e. The van der Waals surface area contributed by atoms with Gasteiger partial charge in [-0.1, -0.05) is 6.07 Å². The van der Waals surface area contributed by atoms with Crippen molar-refractivity contribution in [1.29, 1.82) is 0 Å². The largest absolute Gasteiger partial charge is 0.433 e. The van der Waals surface area contributed by atoms with E-state index in [2.05, 4.69) is 10.1 Å². The van der Waals surface area contributed by atoms with Gasteiger partial charge in [0.25, 0.3) is 0 Å². The highest BCUT2D eigenvalue weighted by molar-refractivity contribution is 5.81. The summed E-state index contributed by atoms with van der Waals surface area (Å²) in [6, 6.07) is 1.62. The Morgan fingerprint density at radius 2 is 1.96 bits per heavy atom. The summed E-state index contributed by atoms with van der Waals surface area (Å²) in [5, 5.41) is 4.26. The highest BCUT2D eigenvalue weighted by Crippen LogP contribution is 2.28. The lowest BCUT2D eigenvalue weighted by molar-refractivity contribution is -0.141. The van der Waals surface area contributed by atoms with Gasteiger partial charge in [-0.2, -0.15) is 18.3 Å². The zero-order valence-electron chi connectivity index (χ0n) is 14.4. The number of carbonyl (C=O) groups is 1. The molecule has 1 fully saturated rings. The maximum Gasteiger partial charge on any atom is 0.433 e. The van der Waals surface area contributed by atoms with Crippen LogP contribution in [0.1, 0.15) is 42.4 Å². The molecule has 0 spiro atoms. The Labute approximate surface area is 152 Å². The van der Waals surface area contributed by atoms with Crippen molar-refractivity contribution in [3.8, 4) is 0 Å². The van der Waals surface area contributed by atoms with E-state index in [4.69, 9.17) is 0 Å². The summed E-state index contributed by atoms with van der Waals surface area (Å²) in [5.41, 5.74) is -0.966. The molecule has 1 saturated heterocycles. The number of halogens is 3. The monoisotopic (exact) mass is 381 g/mol. The van der Waals surface area contributed by atoms with E-state index in [-0.39, 0.29) is 12.5 Å². The first-order valence-corrected chi connectivity index (χ1v) is 8.84. The van der Waals surface area contributed by atoms with Gasteiger partial charge in [-0.3, -0.25) is 14.3 Å². The van der Waals surface area contributed by atoms with E-state index in [1.54, 1.807) is 4.90 Å². The van der Waals surface area contributed by atoms with Crippen molar-refractivity contribution in [2.24, 2.45) is 0 Å². The van der Waals surface area contributed by atoms with Crippen LogP contribution in [0, 0.1) is 0 Å². The van der Waals surface area contributed by atoms with Crippen LogP contribution in [-0.2, 0) is 23.9 Å². The minimum absolute atomic E-state index is 0.00853. The molecule has 4 heterocycles. The van der Waals surface area contributed by atoms with Crippen molar-refractivity contribution in [2.75, 3.05) is 13.1 Å². The van der Waals surface area contributed by atoms with Gasteiger partial charge in [-0.05, 0) is 30.9 Å². The van der Waals surface area contributed by atoms with Crippen LogP contribution in [0.2, 0.25) is 0 Å². The fraction of sp³-hybridized carbons (Fsp3) is 0.529. The number of alkyl halides is 3. The molecule has 1 atom stereocenters. The lowest BCUT2D eigenvalue weighted by Crippen LogP contribution is -2.38. The second-order valence-corrected chi connectivity index (χ2v) is 6.86. The molecule has 0 aliphatic carbocycles.